The van der Waals surface area contributed by atoms with Crippen LogP contribution in [0.1, 0.15) is 37.3 Å². The molecule has 0 bridgehead atoms. The van der Waals surface area contributed by atoms with E-state index in [1.807, 2.05) is 0 Å². The van der Waals surface area contributed by atoms with Crippen molar-refractivity contribution in [1.82, 2.24) is 19.3 Å². The van der Waals surface area contributed by atoms with E-state index in [0.717, 1.165) is 56.8 Å². The van der Waals surface area contributed by atoms with Crippen LogP contribution in [0.4, 0.5) is 5.82 Å². The molecule has 0 unspecified atom stereocenters. The van der Waals surface area contributed by atoms with Crippen LogP contribution in [-0.4, -0.2) is 32.4 Å². The highest BCUT2D eigenvalue weighted by atomic mass is 16.1. The summed E-state index contributed by atoms with van der Waals surface area (Å²) in [6.07, 6.45) is 6.04. The molecule has 1 aliphatic carbocycles. The molecule has 2 aliphatic rings. The molecular weight excluding hydrogens is 318 g/mol. The predicted octanol–water partition coefficient (Wildman–Crippen LogP) is 1.13. The monoisotopic (exact) mass is 341 g/mol. The van der Waals surface area contributed by atoms with Crippen molar-refractivity contribution in [3.63, 3.8) is 0 Å². The lowest BCUT2D eigenvalue weighted by Gasteiger charge is -2.32. The Morgan fingerprint density at radius 1 is 1.08 bits per heavy atom. The lowest BCUT2D eigenvalue weighted by Crippen LogP contribution is -2.37. The number of hydrogen-bond donors (Lipinski definition) is 0. The lowest BCUT2D eigenvalue weighted by molar-refractivity contribution is 0.349. The molecule has 0 spiro atoms. The summed E-state index contributed by atoms with van der Waals surface area (Å²) in [6, 6.07) is 5.05. The van der Waals surface area contributed by atoms with Gasteiger partial charge in [-0.05, 0) is 37.7 Å². The van der Waals surface area contributed by atoms with Crippen molar-refractivity contribution in [1.29, 1.82) is 0 Å². The van der Waals surface area contributed by atoms with Crippen LogP contribution in [0.25, 0.3) is 0 Å². The first-order valence-electron chi connectivity index (χ1n) is 8.96. The van der Waals surface area contributed by atoms with E-state index in [9.17, 15) is 9.59 Å². The van der Waals surface area contributed by atoms with E-state index in [0.29, 0.717) is 11.8 Å². The van der Waals surface area contributed by atoms with Crippen molar-refractivity contribution in [2.24, 2.45) is 13.0 Å². The molecule has 2 aromatic rings. The van der Waals surface area contributed by atoms with Gasteiger partial charge in [0.2, 0.25) is 0 Å². The van der Waals surface area contributed by atoms with Crippen LogP contribution in [0.2, 0.25) is 0 Å². The summed E-state index contributed by atoms with van der Waals surface area (Å²) < 4.78 is 3.12. The Morgan fingerprint density at radius 3 is 2.48 bits per heavy atom. The number of hydrogen-bond acceptors (Lipinski definition) is 5. The standard InChI is InChI=1S/C18H23N5O2/c1-21-17(24)5-4-16(20-21)22-8-6-13(7-9-22)11-23-12-19-15(10-18(23)25)14-2-3-14/h4-5,10,12-14H,2-3,6-9,11H2,1H3. The Morgan fingerprint density at radius 2 is 1.84 bits per heavy atom. The summed E-state index contributed by atoms with van der Waals surface area (Å²) in [4.78, 5) is 30.4. The van der Waals surface area contributed by atoms with E-state index in [1.165, 1.54) is 4.68 Å². The Balaban J connectivity index is 1.38. The number of aryl methyl sites for hydroxylation is 1. The first-order chi connectivity index (χ1) is 12.1. The summed E-state index contributed by atoms with van der Waals surface area (Å²) in [6.45, 7) is 2.50. The van der Waals surface area contributed by atoms with Crippen molar-refractivity contribution in [2.75, 3.05) is 18.0 Å². The molecule has 1 aliphatic heterocycles. The van der Waals surface area contributed by atoms with Gasteiger partial charge >= 0.3 is 0 Å². The van der Waals surface area contributed by atoms with Gasteiger partial charge in [-0.25, -0.2) is 9.67 Å². The maximum absolute atomic E-state index is 12.3. The minimum atomic E-state index is -0.0971. The molecule has 7 nitrogen and oxygen atoms in total. The van der Waals surface area contributed by atoms with Gasteiger partial charge in [-0.3, -0.25) is 14.2 Å². The molecule has 1 saturated heterocycles. The molecule has 25 heavy (non-hydrogen) atoms. The Kier molecular flexibility index (Phi) is 4.15. The molecule has 0 aromatic carbocycles. The van der Waals surface area contributed by atoms with E-state index in [1.54, 1.807) is 36.1 Å². The number of piperidine rings is 1. The van der Waals surface area contributed by atoms with Gasteiger partial charge in [0.05, 0.1) is 12.0 Å². The summed E-state index contributed by atoms with van der Waals surface area (Å²) >= 11 is 0. The van der Waals surface area contributed by atoms with Crippen LogP contribution in [0.5, 0.6) is 0 Å². The fourth-order valence-electron chi connectivity index (χ4n) is 3.46. The predicted molar refractivity (Wildman–Crippen MR) is 94.9 cm³/mol. The second-order valence-electron chi connectivity index (χ2n) is 7.16. The average molecular weight is 341 g/mol. The van der Waals surface area contributed by atoms with Gasteiger partial charge in [0.25, 0.3) is 11.1 Å². The van der Waals surface area contributed by atoms with Gasteiger partial charge < -0.3 is 4.90 Å². The largest absolute Gasteiger partial charge is 0.355 e. The average Bonchev–Trinajstić information content (AvgIpc) is 3.45. The van der Waals surface area contributed by atoms with Crippen LogP contribution in [0.3, 0.4) is 0 Å². The van der Waals surface area contributed by atoms with E-state index in [4.69, 9.17) is 0 Å². The van der Waals surface area contributed by atoms with Gasteiger partial charge in [0, 0.05) is 44.7 Å². The minimum absolute atomic E-state index is 0.0686. The van der Waals surface area contributed by atoms with Crippen molar-refractivity contribution in [2.45, 2.75) is 38.1 Å². The van der Waals surface area contributed by atoms with Crippen LogP contribution in [0, 0.1) is 5.92 Å². The minimum Gasteiger partial charge on any atom is -0.355 e. The Bertz CT molecular complexity index is 876. The molecule has 2 fully saturated rings. The number of aromatic nitrogens is 4. The van der Waals surface area contributed by atoms with Crippen LogP contribution >= 0.6 is 0 Å². The lowest BCUT2D eigenvalue weighted by atomic mass is 9.96. The van der Waals surface area contributed by atoms with Gasteiger partial charge in [0.15, 0.2) is 0 Å². The molecule has 0 radical (unpaired) electrons. The number of nitrogens with zero attached hydrogens (tertiary/aromatic N) is 5. The van der Waals surface area contributed by atoms with Crippen LogP contribution in [0.15, 0.2) is 34.1 Å². The van der Waals surface area contributed by atoms with E-state index in [2.05, 4.69) is 15.0 Å². The van der Waals surface area contributed by atoms with Crippen molar-refractivity contribution in [3.05, 3.63) is 50.9 Å². The quantitative estimate of drug-likeness (QED) is 0.833. The molecule has 0 amide bonds. The molecule has 132 valence electrons. The summed E-state index contributed by atoms with van der Waals surface area (Å²) in [7, 11) is 1.67. The molecule has 3 heterocycles. The third-order valence-electron chi connectivity index (χ3n) is 5.24. The third-order valence-corrected chi connectivity index (χ3v) is 5.24. The van der Waals surface area contributed by atoms with Crippen molar-refractivity contribution < 1.29 is 0 Å². The van der Waals surface area contributed by atoms with Gasteiger partial charge in [0.1, 0.15) is 5.82 Å². The summed E-state index contributed by atoms with van der Waals surface area (Å²) in [5.74, 6) is 1.82. The molecule has 0 N–H and O–H groups in total. The molecule has 1 saturated carbocycles. The Labute approximate surface area is 145 Å². The zero-order valence-corrected chi connectivity index (χ0v) is 14.5. The molecular formula is C18H23N5O2. The molecule has 4 rings (SSSR count). The van der Waals surface area contributed by atoms with Gasteiger partial charge in [-0.2, -0.15) is 5.10 Å². The zero-order valence-electron chi connectivity index (χ0n) is 14.5. The van der Waals surface area contributed by atoms with Crippen LogP contribution in [-0.2, 0) is 13.6 Å². The first-order valence-corrected chi connectivity index (χ1v) is 8.96. The van der Waals surface area contributed by atoms with Gasteiger partial charge in [-0.15, -0.1) is 0 Å². The summed E-state index contributed by atoms with van der Waals surface area (Å²) in [5, 5.41) is 4.32. The highest BCUT2D eigenvalue weighted by Gasteiger charge is 2.26. The third kappa shape index (κ3) is 3.50. The number of anilines is 1. The molecule has 0 atom stereocenters. The van der Waals surface area contributed by atoms with E-state index in [-0.39, 0.29) is 11.1 Å². The Hall–Kier alpha value is -2.44. The molecule has 2 aromatic heterocycles. The van der Waals surface area contributed by atoms with Crippen LogP contribution < -0.4 is 16.0 Å². The highest BCUT2D eigenvalue weighted by molar-refractivity contribution is 5.36. The van der Waals surface area contributed by atoms with E-state index < -0.39 is 0 Å². The smallest absolute Gasteiger partial charge is 0.266 e. The van der Waals surface area contributed by atoms with Crippen molar-refractivity contribution in [3.8, 4) is 0 Å². The fraction of sp³-hybridized carbons (Fsp3) is 0.556. The fourth-order valence-corrected chi connectivity index (χ4v) is 3.46. The number of rotatable bonds is 4. The van der Waals surface area contributed by atoms with Gasteiger partial charge in [-0.1, -0.05) is 0 Å². The van der Waals surface area contributed by atoms with Crippen molar-refractivity contribution >= 4 is 5.82 Å². The van der Waals surface area contributed by atoms with E-state index >= 15 is 0 Å². The first kappa shape index (κ1) is 16.1. The normalized spacial score (nSPS) is 18.5. The topological polar surface area (TPSA) is 73.0 Å². The SMILES string of the molecule is Cn1nc(N2CCC(Cn3cnc(C4CC4)cc3=O)CC2)ccc1=O. The highest BCUT2D eigenvalue weighted by Crippen LogP contribution is 2.38. The zero-order chi connectivity index (χ0) is 17.4. The second-order valence-corrected chi connectivity index (χ2v) is 7.16. The maximum Gasteiger partial charge on any atom is 0.266 e. The summed E-state index contributed by atoms with van der Waals surface area (Å²) in [5.41, 5.74) is 0.927. The second kappa shape index (κ2) is 6.46. The maximum atomic E-state index is 12.3. The molecule has 7 heteroatoms.